The quantitative estimate of drug-likeness (QED) is 0.224. The number of nitrogens with one attached hydrogen (secondary N) is 4. The van der Waals surface area contributed by atoms with E-state index >= 15 is 0 Å². The van der Waals surface area contributed by atoms with E-state index < -0.39 is 29.5 Å². The number of nitrogens with zero attached hydrogens (tertiary/aromatic N) is 1. The van der Waals surface area contributed by atoms with Crippen LogP contribution in [0.4, 0.5) is 17.6 Å². The van der Waals surface area contributed by atoms with Gasteiger partial charge >= 0.3 is 0 Å². The molecule has 1 amide bonds. The summed E-state index contributed by atoms with van der Waals surface area (Å²) in [5.74, 6) is -3.88. The molecule has 1 fully saturated rings. The number of benzene rings is 3. The number of hydrazine groups is 1. The van der Waals surface area contributed by atoms with Crippen LogP contribution in [0.2, 0.25) is 5.02 Å². The molecule has 3 aromatic rings. The Balaban J connectivity index is 1.51. The third-order valence-corrected chi connectivity index (χ3v) is 6.01. The minimum absolute atomic E-state index is 0.0140. The van der Waals surface area contributed by atoms with Crippen LogP contribution >= 0.6 is 11.6 Å². The number of hydrogen-bond acceptors (Lipinski definition) is 3. The molecular weight excluding hydrogens is 498 g/mol. The highest BCUT2D eigenvalue weighted by molar-refractivity contribution is 6.31. The molecule has 1 aliphatic heterocycles. The molecule has 2 atom stereocenters. The van der Waals surface area contributed by atoms with Crippen molar-refractivity contribution in [2.45, 2.75) is 32.1 Å². The van der Waals surface area contributed by atoms with Gasteiger partial charge in [0.25, 0.3) is 5.91 Å². The molecule has 188 valence electrons. The second-order valence-corrected chi connectivity index (χ2v) is 8.67. The third-order valence-electron chi connectivity index (χ3n) is 5.65. The van der Waals surface area contributed by atoms with Gasteiger partial charge < -0.3 is 10.6 Å². The molecule has 11 heteroatoms. The second-order valence-electron chi connectivity index (χ2n) is 8.27. The van der Waals surface area contributed by atoms with Crippen molar-refractivity contribution in [3.8, 4) is 0 Å². The molecule has 1 heterocycles. The summed E-state index contributed by atoms with van der Waals surface area (Å²) >= 11 is 6.09. The van der Waals surface area contributed by atoms with E-state index in [1.165, 1.54) is 18.2 Å². The molecular formula is C25H22ClF4N5O. The molecule has 3 aromatic carbocycles. The van der Waals surface area contributed by atoms with Crippen LogP contribution < -0.4 is 21.5 Å². The Labute approximate surface area is 209 Å². The number of aryl methyl sites for hydroxylation is 1. The van der Waals surface area contributed by atoms with E-state index in [9.17, 15) is 22.4 Å². The second kappa shape index (κ2) is 11.1. The molecule has 1 aliphatic rings. The van der Waals surface area contributed by atoms with Gasteiger partial charge in [-0.15, -0.1) is 0 Å². The Morgan fingerprint density at radius 3 is 2.53 bits per heavy atom. The van der Waals surface area contributed by atoms with Crippen molar-refractivity contribution in [1.29, 1.82) is 0 Å². The number of hydrogen-bond donors (Lipinski definition) is 4. The normalized spacial score (nSPS) is 17.8. The first-order valence-electron chi connectivity index (χ1n) is 11.0. The molecule has 6 nitrogen and oxygen atoms in total. The average Bonchev–Trinajstić information content (AvgIpc) is 3.30. The van der Waals surface area contributed by atoms with Crippen molar-refractivity contribution in [3.63, 3.8) is 0 Å². The van der Waals surface area contributed by atoms with Gasteiger partial charge in [-0.3, -0.25) is 4.79 Å². The van der Waals surface area contributed by atoms with Crippen LogP contribution in [0.5, 0.6) is 0 Å². The van der Waals surface area contributed by atoms with Gasteiger partial charge in [-0.25, -0.2) is 28.4 Å². The largest absolute Gasteiger partial charge is 0.352 e. The average molecular weight is 520 g/mol. The minimum Gasteiger partial charge on any atom is -0.352 e. The summed E-state index contributed by atoms with van der Waals surface area (Å²) in [4.78, 5) is 16.6. The molecule has 36 heavy (non-hydrogen) atoms. The van der Waals surface area contributed by atoms with Gasteiger partial charge in [-0.05, 0) is 60.0 Å². The van der Waals surface area contributed by atoms with Gasteiger partial charge in [-0.2, -0.15) is 4.99 Å². The van der Waals surface area contributed by atoms with Gasteiger partial charge in [0.2, 0.25) is 5.96 Å². The Hall–Kier alpha value is -3.47. The van der Waals surface area contributed by atoms with Gasteiger partial charge in [0, 0.05) is 29.6 Å². The number of halogens is 5. The molecule has 2 unspecified atom stereocenters. The summed E-state index contributed by atoms with van der Waals surface area (Å²) in [6.07, 6.45) is 0.0203. The van der Waals surface area contributed by atoms with Crippen molar-refractivity contribution >= 4 is 23.5 Å². The highest BCUT2D eigenvalue weighted by atomic mass is 35.5. The standard InChI is InChI=1S/C25H22ClF4N5O/c1-13-2-3-14(8-20(13)29)22-11-23(35-34-22)32-25(31-12-16-4-6-17(27)10-18(16)26)33-24(36)15-5-7-19(28)21(30)9-15/h2-10,22-23,34-35H,11-12H2,1H3,(H2,31,32,33,36). The van der Waals surface area contributed by atoms with Crippen molar-refractivity contribution in [2.24, 2.45) is 4.99 Å². The van der Waals surface area contributed by atoms with Crippen LogP contribution in [-0.4, -0.2) is 18.0 Å². The van der Waals surface area contributed by atoms with Crippen LogP contribution in [0.3, 0.4) is 0 Å². The van der Waals surface area contributed by atoms with E-state index in [1.54, 1.807) is 13.0 Å². The Morgan fingerprint density at radius 2 is 1.81 bits per heavy atom. The number of rotatable bonds is 5. The highest BCUT2D eigenvalue weighted by Crippen LogP contribution is 2.23. The van der Waals surface area contributed by atoms with Crippen LogP contribution in [0.1, 0.15) is 39.5 Å². The number of guanidine groups is 1. The monoisotopic (exact) mass is 519 g/mol. The van der Waals surface area contributed by atoms with Gasteiger partial charge in [0.05, 0.1) is 6.17 Å². The van der Waals surface area contributed by atoms with E-state index in [2.05, 4.69) is 26.5 Å². The van der Waals surface area contributed by atoms with E-state index in [4.69, 9.17) is 11.6 Å². The molecule has 0 spiro atoms. The van der Waals surface area contributed by atoms with Crippen molar-refractivity contribution in [3.05, 3.63) is 105 Å². The maximum absolute atomic E-state index is 14.0. The smallest absolute Gasteiger partial charge is 0.280 e. The molecule has 0 radical (unpaired) electrons. The SMILES string of the molecule is Cc1ccc(C2CC(N/C(=N\C(=O)c3ccc(F)c(F)c3)NCc3ccc(F)cc3Cl)NN2)cc1F. The Morgan fingerprint density at radius 1 is 1.00 bits per heavy atom. The maximum atomic E-state index is 14.0. The first kappa shape index (κ1) is 25.6. The van der Waals surface area contributed by atoms with E-state index in [0.29, 0.717) is 17.5 Å². The van der Waals surface area contributed by atoms with Crippen molar-refractivity contribution in [2.75, 3.05) is 0 Å². The number of carbonyl (C=O) groups excluding carboxylic acids is 1. The molecule has 4 N–H and O–H groups in total. The van der Waals surface area contributed by atoms with Crippen molar-refractivity contribution < 1.29 is 22.4 Å². The van der Waals surface area contributed by atoms with E-state index in [0.717, 1.165) is 29.8 Å². The molecule has 0 aromatic heterocycles. The maximum Gasteiger partial charge on any atom is 0.280 e. The van der Waals surface area contributed by atoms with Crippen LogP contribution in [0.15, 0.2) is 59.6 Å². The van der Waals surface area contributed by atoms with Crippen LogP contribution in [-0.2, 0) is 6.54 Å². The summed E-state index contributed by atoms with van der Waals surface area (Å²) in [6.45, 7) is 1.76. The van der Waals surface area contributed by atoms with Crippen LogP contribution in [0.25, 0.3) is 0 Å². The first-order chi connectivity index (χ1) is 17.2. The fourth-order valence-corrected chi connectivity index (χ4v) is 3.86. The lowest BCUT2D eigenvalue weighted by atomic mass is 10.0. The summed E-state index contributed by atoms with van der Waals surface area (Å²) in [5, 5.41) is 6.15. The number of aliphatic imine (C=N–C) groups is 1. The minimum atomic E-state index is -1.17. The van der Waals surface area contributed by atoms with E-state index in [1.807, 2.05) is 6.07 Å². The fraction of sp³-hybridized carbons (Fsp3) is 0.200. The summed E-state index contributed by atoms with van der Waals surface area (Å²) < 4.78 is 54.3. The summed E-state index contributed by atoms with van der Waals surface area (Å²) in [6, 6.07) is 11.3. The molecule has 0 bridgehead atoms. The predicted octanol–water partition coefficient (Wildman–Crippen LogP) is 4.65. The lowest BCUT2D eigenvalue weighted by Gasteiger charge is -2.17. The van der Waals surface area contributed by atoms with Gasteiger partial charge in [-0.1, -0.05) is 29.8 Å². The zero-order chi connectivity index (χ0) is 25.8. The first-order valence-corrected chi connectivity index (χ1v) is 11.4. The molecule has 1 saturated heterocycles. The fourth-order valence-electron chi connectivity index (χ4n) is 3.62. The molecule has 0 saturated carbocycles. The lowest BCUT2D eigenvalue weighted by Crippen LogP contribution is -2.49. The predicted molar refractivity (Wildman–Crippen MR) is 128 cm³/mol. The van der Waals surface area contributed by atoms with Crippen LogP contribution in [0, 0.1) is 30.2 Å². The third kappa shape index (κ3) is 6.20. The Kier molecular flexibility index (Phi) is 7.88. The summed E-state index contributed by atoms with van der Waals surface area (Å²) in [7, 11) is 0. The van der Waals surface area contributed by atoms with E-state index in [-0.39, 0.29) is 34.9 Å². The Bertz CT molecular complexity index is 1320. The number of carbonyl (C=O) groups is 1. The van der Waals surface area contributed by atoms with Gasteiger partial charge in [0.1, 0.15) is 11.6 Å². The zero-order valence-electron chi connectivity index (χ0n) is 19.0. The summed E-state index contributed by atoms with van der Waals surface area (Å²) in [5.41, 5.74) is 7.73. The van der Waals surface area contributed by atoms with Gasteiger partial charge in [0.15, 0.2) is 11.6 Å². The number of amides is 1. The topological polar surface area (TPSA) is 77.5 Å². The molecule has 0 aliphatic carbocycles. The zero-order valence-corrected chi connectivity index (χ0v) is 19.8. The lowest BCUT2D eigenvalue weighted by molar-refractivity contribution is 0.100. The van der Waals surface area contributed by atoms with Crippen molar-refractivity contribution in [1.82, 2.24) is 21.5 Å². The highest BCUT2D eigenvalue weighted by Gasteiger charge is 2.26. The molecule has 4 rings (SSSR count).